The Labute approximate surface area is 127 Å². The van der Waals surface area contributed by atoms with E-state index in [0.29, 0.717) is 0 Å². The largest absolute Gasteiger partial charge is 0.493 e. The van der Waals surface area contributed by atoms with Crippen LogP contribution in [0.1, 0.15) is 32.1 Å². The van der Waals surface area contributed by atoms with Gasteiger partial charge in [-0.25, -0.2) is 0 Å². The maximum atomic E-state index is 6.46. The summed E-state index contributed by atoms with van der Waals surface area (Å²) in [6.45, 7) is 0. The third-order valence-corrected chi connectivity index (χ3v) is 5.87. The maximum absolute atomic E-state index is 6.46. The topological polar surface area (TPSA) is 18.5 Å². The second kappa shape index (κ2) is 5.17. The summed E-state index contributed by atoms with van der Waals surface area (Å²) in [5, 5.41) is 0.272. The smallest absolute Gasteiger partial charge is 0.175 e. The first-order valence-electron chi connectivity index (χ1n) is 6.80. The molecule has 2 atom stereocenters. The number of para-hydroxylation sites is 1. The van der Waals surface area contributed by atoms with E-state index in [2.05, 4.69) is 15.9 Å². The van der Waals surface area contributed by atoms with Gasteiger partial charge < -0.3 is 9.47 Å². The highest BCUT2D eigenvalue weighted by molar-refractivity contribution is 9.10. The number of halogens is 2. The van der Waals surface area contributed by atoms with Gasteiger partial charge in [0.15, 0.2) is 11.5 Å². The van der Waals surface area contributed by atoms with Crippen LogP contribution in [0.15, 0.2) is 22.7 Å². The molecule has 0 aromatic heterocycles. The van der Waals surface area contributed by atoms with Gasteiger partial charge in [0.05, 0.1) is 11.6 Å². The molecular formula is C15H18BrClO2. The van der Waals surface area contributed by atoms with Crippen LogP contribution in [0.4, 0.5) is 0 Å². The number of hydrogen-bond acceptors (Lipinski definition) is 2. The van der Waals surface area contributed by atoms with Gasteiger partial charge in [-0.1, -0.05) is 18.9 Å². The fourth-order valence-electron chi connectivity index (χ4n) is 3.44. The second-order valence-electron chi connectivity index (χ2n) is 5.52. The van der Waals surface area contributed by atoms with Gasteiger partial charge in [-0.3, -0.25) is 0 Å². The Morgan fingerprint density at radius 2 is 2.05 bits per heavy atom. The van der Waals surface area contributed by atoms with E-state index in [1.807, 2.05) is 18.2 Å². The molecule has 2 saturated carbocycles. The second-order valence-corrected chi connectivity index (χ2v) is 6.90. The SMILES string of the molecule is COc1cccc(Br)c1OC1CC(Cl)C12CCCC2. The Bertz CT molecular complexity index is 471. The summed E-state index contributed by atoms with van der Waals surface area (Å²) in [7, 11) is 1.67. The van der Waals surface area contributed by atoms with Gasteiger partial charge in [0.2, 0.25) is 0 Å². The van der Waals surface area contributed by atoms with Crippen LogP contribution in [0.25, 0.3) is 0 Å². The van der Waals surface area contributed by atoms with E-state index >= 15 is 0 Å². The molecule has 104 valence electrons. The number of ether oxygens (including phenoxy) is 2. The molecule has 1 spiro atoms. The summed E-state index contributed by atoms with van der Waals surface area (Å²) in [6.07, 6.45) is 6.10. The summed E-state index contributed by atoms with van der Waals surface area (Å²) < 4.78 is 12.6. The monoisotopic (exact) mass is 344 g/mol. The molecule has 2 unspecified atom stereocenters. The summed E-state index contributed by atoms with van der Waals surface area (Å²) in [5.41, 5.74) is 0.196. The number of alkyl halides is 1. The first-order chi connectivity index (χ1) is 9.17. The van der Waals surface area contributed by atoms with Crippen molar-refractivity contribution in [3.63, 3.8) is 0 Å². The third kappa shape index (κ3) is 2.15. The fourth-order valence-corrected chi connectivity index (χ4v) is 4.40. The molecule has 19 heavy (non-hydrogen) atoms. The third-order valence-electron chi connectivity index (χ3n) is 4.63. The van der Waals surface area contributed by atoms with E-state index in [-0.39, 0.29) is 16.9 Å². The Hall–Kier alpha value is -0.410. The van der Waals surface area contributed by atoms with Crippen LogP contribution in [-0.4, -0.2) is 18.6 Å². The van der Waals surface area contributed by atoms with Crippen molar-refractivity contribution in [2.24, 2.45) is 5.41 Å². The van der Waals surface area contributed by atoms with Crippen molar-refractivity contribution >= 4 is 27.5 Å². The fraction of sp³-hybridized carbons (Fsp3) is 0.600. The molecule has 0 N–H and O–H groups in total. The Morgan fingerprint density at radius 3 is 2.68 bits per heavy atom. The Morgan fingerprint density at radius 1 is 1.32 bits per heavy atom. The van der Waals surface area contributed by atoms with Gasteiger partial charge in [-0.15, -0.1) is 11.6 Å². The van der Waals surface area contributed by atoms with Crippen molar-refractivity contribution in [3.05, 3.63) is 22.7 Å². The summed E-state index contributed by atoms with van der Waals surface area (Å²) in [6, 6.07) is 5.86. The lowest BCUT2D eigenvalue weighted by Gasteiger charge is -2.51. The van der Waals surface area contributed by atoms with Crippen molar-refractivity contribution in [3.8, 4) is 11.5 Å². The zero-order valence-corrected chi connectivity index (χ0v) is 13.3. The zero-order valence-electron chi connectivity index (χ0n) is 11.0. The molecule has 0 amide bonds. The molecule has 1 aromatic rings. The lowest BCUT2D eigenvalue weighted by Crippen LogP contribution is -2.55. The molecule has 2 aliphatic carbocycles. The molecule has 0 saturated heterocycles. The van der Waals surface area contributed by atoms with Crippen molar-refractivity contribution in [2.45, 2.75) is 43.6 Å². The van der Waals surface area contributed by atoms with Gasteiger partial charge >= 0.3 is 0 Å². The van der Waals surface area contributed by atoms with Gasteiger partial charge in [-0.05, 0) is 40.9 Å². The van der Waals surface area contributed by atoms with Crippen molar-refractivity contribution < 1.29 is 9.47 Å². The van der Waals surface area contributed by atoms with Gasteiger partial charge in [0, 0.05) is 17.2 Å². The lowest BCUT2D eigenvalue weighted by atomic mass is 9.64. The van der Waals surface area contributed by atoms with E-state index in [4.69, 9.17) is 21.1 Å². The Balaban J connectivity index is 1.83. The molecule has 3 rings (SSSR count). The Kier molecular flexibility index (Phi) is 3.69. The zero-order chi connectivity index (χ0) is 13.5. The lowest BCUT2D eigenvalue weighted by molar-refractivity contribution is -0.0371. The van der Waals surface area contributed by atoms with Crippen LogP contribution in [0.2, 0.25) is 0 Å². The average molecular weight is 346 g/mol. The normalized spacial score (nSPS) is 28.2. The molecule has 2 fully saturated rings. The van der Waals surface area contributed by atoms with Crippen molar-refractivity contribution in [1.29, 1.82) is 0 Å². The highest BCUT2D eigenvalue weighted by Crippen LogP contribution is 2.57. The van der Waals surface area contributed by atoms with Gasteiger partial charge in [0.25, 0.3) is 0 Å². The average Bonchev–Trinajstić information content (AvgIpc) is 2.92. The van der Waals surface area contributed by atoms with Crippen LogP contribution in [0, 0.1) is 5.41 Å². The van der Waals surface area contributed by atoms with Crippen LogP contribution >= 0.6 is 27.5 Å². The van der Waals surface area contributed by atoms with E-state index in [1.54, 1.807) is 7.11 Å². The number of hydrogen-bond donors (Lipinski definition) is 0. The highest BCUT2D eigenvalue weighted by atomic mass is 79.9. The van der Waals surface area contributed by atoms with Crippen molar-refractivity contribution in [2.75, 3.05) is 7.11 Å². The first-order valence-corrected chi connectivity index (χ1v) is 8.03. The summed E-state index contributed by atoms with van der Waals surface area (Å²) >= 11 is 10.0. The quantitative estimate of drug-likeness (QED) is 0.734. The summed E-state index contributed by atoms with van der Waals surface area (Å²) in [4.78, 5) is 0. The highest BCUT2D eigenvalue weighted by Gasteiger charge is 2.57. The predicted molar refractivity (Wildman–Crippen MR) is 80.3 cm³/mol. The van der Waals surface area contributed by atoms with Crippen LogP contribution in [-0.2, 0) is 0 Å². The minimum absolute atomic E-state index is 0.196. The molecule has 2 nitrogen and oxygen atoms in total. The molecule has 0 radical (unpaired) electrons. The molecule has 0 heterocycles. The van der Waals surface area contributed by atoms with Crippen molar-refractivity contribution in [1.82, 2.24) is 0 Å². The number of rotatable bonds is 3. The minimum Gasteiger partial charge on any atom is -0.493 e. The van der Waals surface area contributed by atoms with E-state index < -0.39 is 0 Å². The maximum Gasteiger partial charge on any atom is 0.175 e. The molecule has 4 heteroatoms. The molecule has 0 bridgehead atoms. The minimum atomic E-state index is 0.196. The number of methoxy groups -OCH3 is 1. The van der Waals surface area contributed by atoms with Gasteiger partial charge in [-0.2, -0.15) is 0 Å². The van der Waals surface area contributed by atoms with Crippen LogP contribution < -0.4 is 9.47 Å². The predicted octanol–water partition coefficient (Wildman–Crippen LogP) is 4.78. The van der Waals surface area contributed by atoms with E-state index in [9.17, 15) is 0 Å². The number of benzene rings is 1. The molecule has 0 aliphatic heterocycles. The molecule has 2 aliphatic rings. The van der Waals surface area contributed by atoms with Crippen LogP contribution in [0.5, 0.6) is 11.5 Å². The first kappa shape index (κ1) is 13.6. The standard InChI is InChI=1S/C15H18BrClO2/c1-18-11-6-4-5-10(16)14(11)19-13-9-12(17)15(13)7-2-3-8-15/h4-6,12-13H,2-3,7-9H2,1H3. The molecular weight excluding hydrogens is 328 g/mol. The van der Waals surface area contributed by atoms with E-state index in [0.717, 1.165) is 22.4 Å². The van der Waals surface area contributed by atoms with E-state index in [1.165, 1.54) is 25.7 Å². The van der Waals surface area contributed by atoms with Crippen LogP contribution in [0.3, 0.4) is 0 Å². The van der Waals surface area contributed by atoms with Gasteiger partial charge in [0.1, 0.15) is 6.10 Å². The summed E-state index contributed by atoms with van der Waals surface area (Å²) in [5.74, 6) is 1.59. The molecule has 1 aromatic carbocycles.